The molecule has 0 bridgehead atoms. The van der Waals surface area contributed by atoms with Crippen molar-refractivity contribution in [1.29, 1.82) is 0 Å². The van der Waals surface area contributed by atoms with E-state index in [2.05, 4.69) is 33.9 Å². The SMILES string of the molecule is Cc1cc(N2CCN(C(C)C(=O)Nc3sc4c(c3C(N)=O)CCC4)CC2)nc(C(C)C)n1. The summed E-state index contributed by atoms with van der Waals surface area (Å²) < 4.78 is 0. The fraction of sp³-hybridized carbons (Fsp3) is 0.565. The molecule has 3 N–H and O–H groups in total. The van der Waals surface area contributed by atoms with Gasteiger partial charge in [-0.3, -0.25) is 14.5 Å². The minimum atomic E-state index is -0.457. The number of fused-ring (bicyclic) bond motifs is 1. The van der Waals surface area contributed by atoms with E-state index in [4.69, 9.17) is 10.7 Å². The Morgan fingerprint density at radius 2 is 1.84 bits per heavy atom. The third kappa shape index (κ3) is 4.49. The molecule has 0 saturated carbocycles. The summed E-state index contributed by atoms with van der Waals surface area (Å²) in [5, 5.41) is 3.60. The second-order valence-corrected chi connectivity index (χ2v) is 10.1. The van der Waals surface area contributed by atoms with Crippen molar-refractivity contribution < 1.29 is 9.59 Å². The van der Waals surface area contributed by atoms with Crippen molar-refractivity contribution in [3.05, 3.63) is 33.6 Å². The van der Waals surface area contributed by atoms with Gasteiger partial charge in [0.25, 0.3) is 5.91 Å². The van der Waals surface area contributed by atoms with Gasteiger partial charge in [-0.2, -0.15) is 0 Å². The molecule has 1 aliphatic heterocycles. The molecule has 2 aromatic rings. The standard InChI is InChI=1S/C23H32N6O2S/c1-13(2)21-25-14(3)12-18(26-21)29-10-8-28(9-11-29)15(4)22(31)27-23-19(20(24)30)16-6-5-7-17(16)32-23/h12-13,15H,5-11H2,1-4H3,(H2,24,30)(H,27,31). The maximum absolute atomic E-state index is 13.0. The Morgan fingerprint density at radius 3 is 2.50 bits per heavy atom. The van der Waals surface area contributed by atoms with E-state index in [1.165, 1.54) is 16.2 Å². The number of primary amides is 1. The second-order valence-electron chi connectivity index (χ2n) is 8.99. The van der Waals surface area contributed by atoms with Crippen molar-refractivity contribution in [2.75, 3.05) is 36.4 Å². The molecule has 0 aromatic carbocycles. The average molecular weight is 457 g/mol. The molecule has 3 heterocycles. The monoisotopic (exact) mass is 456 g/mol. The number of thiophene rings is 1. The minimum Gasteiger partial charge on any atom is -0.365 e. The number of amides is 2. The van der Waals surface area contributed by atoms with E-state index < -0.39 is 5.91 Å². The highest BCUT2D eigenvalue weighted by Gasteiger charge is 2.30. The molecule has 1 aliphatic carbocycles. The number of nitrogens with two attached hydrogens (primary N) is 1. The highest BCUT2D eigenvalue weighted by molar-refractivity contribution is 7.17. The van der Waals surface area contributed by atoms with Gasteiger partial charge in [0.15, 0.2) is 0 Å². The molecule has 1 saturated heterocycles. The summed E-state index contributed by atoms with van der Waals surface area (Å²) in [4.78, 5) is 39.9. The summed E-state index contributed by atoms with van der Waals surface area (Å²) in [7, 11) is 0. The number of piperazine rings is 1. The largest absolute Gasteiger partial charge is 0.365 e. The van der Waals surface area contributed by atoms with Gasteiger partial charge < -0.3 is 16.0 Å². The summed E-state index contributed by atoms with van der Waals surface area (Å²) >= 11 is 1.50. The minimum absolute atomic E-state index is 0.0964. The first-order chi connectivity index (χ1) is 15.2. The number of nitrogens with one attached hydrogen (secondary N) is 1. The van der Waals surface area contributed by atoms with E-state index in [1.54, 1.807) is 0 Å². The molecule has 2 aliphatic rings. The van der Waals surface area contributed by atoms with Crippen LogP contribution in [0.3, 0.4) is 0 Å². The molecule has 1 unspecified atom stereocenters. The van der Waals surface area contributed by atoms with Crippen LogP contribution in [0.2, 0.25) is 0 Å². The van der Waals surface area contributed by atoms with Crippen LogP contribution in [0, 0.1) is 6.92 Å². The first-order valence-electron chi connectivity index (χ1n) is 11.3. The third-order valence-corrected chi connectivity index (χ3v) is 7.55. The number of carbonyl (C=O) groups excluding carboxylic acids is 2. The van der Waals surface area contributed by atoms with E-state index in [0.717, 1.165) is 68.3 Å². The highest BCUT2D eigenvalue weighted by atomic mass is 32.1. The van der Waals surface area contributed by atoms with Gasteiger partial charge in [-0.1, -0.05) is 13.8 Å². The smallest absolute Gasteiger partial charge is 0.251 e. The summed E-state index contributed by atoms with van der Waals surface area (Å²) in [6.07, 6.45) is 2.86. The van der Waals surface area contributed by atoms with Crippen molar-refractivity contribution in [2.45, 2.75) is 58.9 Å². The predicted molar refractivity (Wildman–Crippen MR) is 128 cm³/mol. The van der Waals surface area contributed by atoms with Gasteiger partial charge in [0.2, 0.25) is 5.91 Å². The van der Waals surface area contributed by atoms with Gasteiger partial charge in [0.1, 0.15) is 16.6 Å². The highest BCUT2D eigenvalue weighted by Crippen LogP contribution is 2.39. The fourth-order valence-corrected chi connectivity index (χ4v) is 5.77. The Labute approximate surface area is 193 Å². The summed E-state index contributed by atoms with van der Waals surface area (Å²) in [5.74, 6) is 1.55. The van der Waals surface area contributed by atoms with Crippen LogP contribution < -0.4 is 16.0 Å². The zero-order valence-electron chi connectivity index (χ0n) is 19.3. The Balaban J connectivity index is 1.39. The van der Waals surface area contributed by atoms with Gasteiger partial charge in [-0.15, -0.1) is 11.3 Å². The zero-order chi connectivity index (χ0) is 23.0. The number of anilines is 2. The molecule has 0 spiro atoms. The van der Waals surface area contributed by atoms with E-state index in [9.17, 15) is 9.59 Å². The number of aromatic nitrogens is 2. The van der Waals surface area contributed by atoms with Crippen molar-refractivity contribution >= 4 is 34.0 Å². The van der Waals surface area contributed by atoms with E-state index >= 15 is 0 Å². The van der Waals surface area contributed by atoms with Crippen LogP contribution in [-0.2, 0) is 17.6 Å². The number of nitrogens with zero attached hydrogens (tertiary/aromatic N) is 4. The van der Waals surface area contributed by atoms with Crippen molar-refractivity contribution in [3.8, 4) is 0 Å². The van der Waals surface area contributed by atoms with E-state index in [0.29, 0.717) is 10.6 Å². The zero-order valence-corrected chi connectivity index (χ0v) is 20.1. The Morgan fingerprint density at radius 1 is 1.12 bits per heavy atom. The predicted octanol–water partition coefficient (Wildman–Crippen LogP) is 2.71. The van der Waals surface area contributed by atoms with Crippen LogP contribution in [0.4, 0.5) is 10.8 Å². The Kier molecular flexibility index (Phi) is 6.48. The summed E-state index contributed by atoms with van der Waals surface area (Å²) in [6, 6.07) is 1.73. The number of hydrogen-bond donors (Lipinski definition) is 2. The van der Waals surface area contributed by atoms with Crippen LogP contribution in [-0.4, -0.2) is 58.9 Å². The summed E-state index contributed by atoms with van der Waals surface area (Å²) in [5.41, 5.74) is 8.14. The van der Waals surface area contributed by atoms with Gasteiger partial charge in [-0.05, 0) is 38.7 Å². The van der Waals surface area contributed by atoms with Crippen LogP contribution in [0.25, 0.3) is 0 Å². The summed E-state index contributed by atoms with van der Waals surface area (Å²) in [6.45, 7) is 11.2. The van der Waals surface area contributed by atoms with E-state index in [1.807, 2.05) is 19.9 Å². The maximum Gasteiger partial charge on any atom is 0.251 e. The van der Waals surface area contributed by atoms with Crippen molar-refractivity contribution in [1.82, 2.24) is 14.9 Å². The average Bonchev–Trinajstić information content (AvgIpc) is 3.33. The molecule has 0 radical (unpaired) electrons. The van der Waals surface area contributed by atoms with Gasteiger partial charge in [0.05, 0.1) is 11.6 Å². The van der Waals surface area contributed by atoms with E-state index in [-0.39, 0.29) is 17.9 Å². The lowest BCUT2D eigenvalue weighted by atomic mass is 10.1. The number of carbonyl (C=O) groups is 2. The molecule has 172 valence electrons. The molecule has 9 heteroatoms. The molecule has 8 nitrogen and oxygen atoms in total. The normalized spacial score (nSPS) is 17.5. The molecule has 2 amide bonds. The lowest BCUT2D eigenvalue weighted by Gasteiger charge is -2.38. The van der Waals surface area contributed by atoms with Gasteiger partial charge >= 0.3 is 0 Å². The molecule has 4 rings (SSSR count). The fourth-order valence-electron chi connectivity index (χ4n) is 4.47. The number of aryl methyl sites for hydroxylation is 2. The first kappa shape index (κ1) is 22.7. The molecule has 2 aromatic heterocycles. The van der Waals surface area contributed by atoms with Crippen LogP contribution in [0.1, 0.15) is 65.4 Å². The molecular weight excluding hydrogens is 424 g/mol. The number of rotatable bonds is 6. The number of hydrogen-bond acceptors (Lipinski definition) is 7. The lowest BCUT2D eigenvalue weighted by Crippen LogP contribution is -2.53. The molecular formula is C23H32N6O2S. The van der Waals surface area contributed by atoms with Crippen LogP contribution in [0.15, 0.2) is 6.07 Å². The van der Waals surface area contributed by atoms with Crippen molar-refractivity contribution in [2.24, 2.45) is 5.73 Å². The topological polar surface area (TPSA) is 104 Å². The first-order valence-corrected chi connectivity index (χ1v) is 12.2. The van der Waals surface area contributed by atoms with Crippen LogP contribution in [0.5, 0.6) is 0 Å². The Bertz CT molecular complexity index is 1030. The second kappa shape index (κ2) is 9.15. The quantitative estimate of drug-likeness (QED) is 0.693. The molecule has 1 fully saturated rings. The molecule has 32 heavy (non-hydrogen) atoms. The third-order valence-electron chi connectivity index (χ3n) is 6.34. The Hall–Kier alpha value is -2.52. The molecule has 1 atom stereocenters. The lowest BCUT2D eigenvalue weighted by molar-refractivity contribution is -0.120. The van der Waals surface area contributed by atoms with Crippen molar-refractivity contribution in [3.63, 3.8) is 0 Å². The van der Waals surface area contributed by atoms with Crippen LogP contribution >= 0.6 is 11.3 Å². The van der Waals surface area contributed by atoms with Gasteiger partial charge in [0, 0.05) is 48.7 Å². The maximum atomic E-state index is 13.0. The van der Waals surface area contributed by atoms with Gasteiger partial charge in [-0.25, -0.2) is 9.97 Å².